The summed E-state index contributed by atoms with van der Waals surface area (Å²) in [5.74, 6) is 0.747. The van der Waals surface area contributed by atoms with E-state index in [1.807, 2.05) is 62.4 Å². The summed E-state index contributed by atoms with van der Waals surface area (Å²) in [6, 6.07) is 16.6. The second kappa shape index (κ2) is 5.50. The van der Waals surface area contributed by atoms with E-state index in [1.165, 1.54) is 0 Å². The Balaban J connectivity index is 2.26. The zero-order valence-electron chi connectivity index (χ0n) is 10.6. The smallest absolute Gasteiger partial charge is 0.193 e. The van der Waals surface area contributed by atoms with Crippen molar-refractivity contribution in [1.82, 2.24) is 0 Å². The minimum absolute atomic E-state index is 0.0183. The van der Waals surface area contributed by atoms with Crippen LogP contribution >= 0.6 is 0 Å². The van der Waals surface area contributed by atoms with Crippen molar-refractivity contribution >= 4 is 5.78 Å². The average Bonchev–Trinajstić information content (AvgIpc) is 2.38. The minimum atomic E-state index is 0.0183. The molecular formula is C16H16O2. The molecule has 0 radical (unpaired) electrons. The Morgan fingerprint density at radius 1 is 0.944 bits per heavy atom. The van der Waals surface area contributed by atoms with Gasteiger partial charge >= 0.3 is 0 Å². The van der Waals surface area contributed by atoms with Gasteiger partial charge in [-0.2, -0.15) is 0 Å². The van der Waals surface area contributed by atoms with Crippen molar-refractivity contribution in [3.63, 3.8) is 0 Å². The summed E-state index contributed by atoms with van der Waals surface area (Å²) in [6.07, 6.45) is 0.104. The van der Waals surface area contributed by atoms with Gasteiger partial charge in [0.2, 0.25) is 0 Å². The predicted octanol–water partition coefficient (Wildman–Crippen LogP) is 3.70. The number of hydrogen-bond donors (Lipinski definition) is 0. The molecular weight excluding hydrogens is 224 g/mol. The third-order valence-corrected chi connectivity index (χ3v) is 2.50. The van der Waals surface area contributed by atoms with Crippen LogP contribution in [0.1, 0.15) is 29.8 Å². The van der Waals surface area contributed by atoms with E-state index >= 15 is 0 Å². The van der Waals surface area contributed by atoms with Gasteiger partial charge in [0.15, 0.2) is 5.78 Å². The molecule has 2 nitrogen and oxygen atoms in total. The zero-order valence-corrected chi connectivity index (χ0v) is 10.6. The molecule has 0 saturated heterocycles. The molecule has 0 aliphatic carbocycles. The summed E-state index contributed by atoms with van der Waals surface area (Å²) in [7, 11) is 0. The SMILES string of the molecule is CC(C)Oc1cccc(C(=O)c2ccccc2)c1. The lowest BCUT2D eigenvalue weighted by Crippen LogP contribution is -2.07. The molecule has 0 aliphatic rings. The maximum absolute atomic E-state index is 12.2. The number of carbonyl (C=O) groups excluding carboxylic acids is 1. The molecule has 0 aliphatic heterocycles. The fourth-order valence-corrected chi connectivity index (χ4v) is 1.74. The van der Waals surface area contributed by atoms with E-state index < -0.39 is 0 Å². The summed E-state index contributed by atoms with van der Waals surface area (Å²) in [6.45, 7) is 3.93. The third kappa shape index (κ3) is 2.98. The maximum Gasteiger partial charge on any atom is 0.193 e. The Morgan fingerprint density at radius 2 is 1.61 bits per heavy atom. The van der Waals surface area contributed by atoms with E-state index in [2.05, 4.69) is 0 Å². The molecule has 0 amide bonds. The molecule has 2 aromatic rings. The van der Waals surface area contributed by atoms with Gasteiger partial charge in [0.1, 0.15) is 5.75 Å². The third-order valence-electron chi connectivity index (χ3n) is 2.50. The average molecular weight is 240 g/mol. The van der Waals surface area contributed by atoms with Crippen LogP contribution in [0.3, 0.4) is 0 Å². The van der Waals surface area contributed by atoms with E-state index in [1.54, 1.807) is 6.07 Å². The van der Waals surface area contributed by atoms with Crippen LogP contribution in [0.25, 0.3) is 0 Å². The lowest BCUT2D eigenvalue weighted by atomic mass is 10.0. The zero-order chi connectivity index (χ0) is 13.0. The van der Waals surface area contributed by atoms with Gasteiger partial charge in [-0.1, -0.05) is 42.5 Å². The highest BCUT2D eigenvalue weighted by molar-refractivity contribution is 6.09. The van der Waals surface area contributed by atoms with Crippen molar-refractivity contribution in [2.45, 2.75) is 20.0 Å². The fourth-order valence-electron chi connectivity index (χ4n) is 1.74. The monoisotopic (exact) mass is 240 g/mol. The van der Waals surface area contributed by atoms with Crippen LogP contribution < -0.4 is 4.74 Å². The van der Waals surface area contributed by atoms with E-state index in [9.17, 15) is 4.79 Å². The van der Waals surface area contributed by atoms with Crippen LogP contribution in [0, 0.1) is 0 Å². The molecule has 0 saturated carbocycles. The van der Waals surface area contributed by atoms with Gasteiger partial charge < -0.3 is 4.74 Å². The Kier molecular flexibility index (Phi) is 3.78. The lowest BCUT2D eigenvalue weighted by molar-refractivity contribution is 0.103. The van der Waals surface area contributed by atoms with Crippen LogP contribution in [0.5, 0.6) is 5.75 Å². The quantitative estimate of drug-likeness (QED) is 0.761. The summed E-state index contributed by atoms with van der Waals surface area (Å²) >= 11 is 0. The van der Waals surface area contributed by atoms with Crippen molar-refractivity contribution in [2.24, 2.45) is 0 Å². The molecule has 0 spiro atoms. The number of benzene rings is 2. The second-order valence-electron chi connectivity index (χ2n) is 4.39. The molecule has 0 aromatic heterocycles. The number of hydrogen-bond acceptors (Lipinski definition) is 2. The molecule has 2 aromatic carbocycles. The highest BCUT2D eigenvalue weighted by Crippen LogP contribution is 2.17. The Morgan fingerprint density at radius 3 is 2.28 bits per heavy atom. The van der Waals surface area contributed by atoms with Crippen LogP contribution in [-0.2, 0) is 0 Å². The van der Waals surface area contributed by atoms with Gasteiger partial charge in [-0.25, -0.2) is 0 Å². The van der Waals surface area contributed by atoms with Gasteiger partial charge in [0.25, 0.3) is 0 Å². The van der Waals surface area contributed by atoms with Crippen molar-refractivity contribution in [3.8, 4) is 5.75 Å². The summed E-state index contributed by atoms with van der Waals surface area (Å²) in [5, 5.41) is 0. The van der Waals surface area contributed by atoms with Gasteiger partial charge in [-0.05, 0) is 26.0 Å². The molecule has 0 heterocycles. The molecule has 0 N–H and O–H groups in total. The first kappa shape index (κ1) is 12.4. The second-order valence-corrected chi connectivity index (χ2v) is 4.39. The summed E-state index contributed by atoms with van der Waals surface area (Å²) in [5.41, 5.74) is 1.35. The van der Waals surface area contributed by atoms with Crippen LogP contribution in [0.4, 0.5) is 0 Å². The molecule has 92 valence electrons. The fraction of sp³-hybridized carbons (Fsp3) is 0.188. The predicted molar refractivity (Wildman–Crippen MR) is 72.1 cm³/mol. The molecule has 2 heteroatoms. The Hall–Kier alpha value is -2.09. The van der Waals surface area contributed by atoms with E-state index in [0.29, 0.717) is 11.1 Å². The molecule has 0 unspecified atom stereocenters. The number of ether oxygens (including phenoxy) is 1. The number of ketones is 1. The van der Waals surface area contributed by atoms with Gasteiger partial charge in [-0.3, -0.25) is 4.79 Å². The molecule has 0 bridgehead atoms. The molecule has 18 heavy (non-hydrogen) atoms. The topological polar surface area (TPSA) is 26.3 Å². The normalized spacial score (nSPS) is 10.4. The van der Waals surface area contributed by atoms with Crippen molar-refractivity contribution in [1.29, 1.82) is 0 Å². The standard InChI is InChI=1S/C16H16O2/c1-12(2)18-15-10-6-9-14(11-15)16(17)13-7-4-3-5-8-13/h3-12H,1-2H3. The molecule has 0 fully saturated rings. The Labute approximate surface area is 107 Å². The van der Waals surface area contributed by atoms with Gasteiger partial charge in [0, 0.05) is 11.1 Å². The first-order valence-corrected chi connectivity index (χ1v) is 6.03. The minimum Gasteiger partial charge on any atom is -0.491 e. The number of carbonyl (C=O) groups is 1. The van der Waals surface area contributed by atoms with E-state index in [0.717, 1.165) is 5.75 Å². The number of rotatable bonds is 4. The lowest BCUT2D eigenvalue weighted by Gasteiger charge is -2.10. The van der Waals surface area contributed by atoms with E-state index in [4.69, 9.17) is 4.74 Å². The first-order chi connectivity index (χ1) is 8.66. The summed E-state index contributed by atoms with van der Waals surface area (Å²) in [4.78, 5) is 12.2. The maximum atomic E-state index is 12.2. The molecule has 2 rings (SSSR count). The van der Waals surface area contributed by atoms with Gasteiger partial charge in [0.05, 0.1) is 6.10 Å². The van der Waals surface area contributed by atoms with E-state index in [-0.39, 0.29) is 11.9 Å². The highest BCUT2D eigenvalue weighted by atomic mass is 16.5. The Bertz CT molecular complexity index is 530. The summed E-state index contributed by atoms with van der Waals surface area (Å²) < 4.78 is 5.59. The van der Waals surface area contributed by atoms with Crippen molar-refractivity contribution in [3.05, 3.63) is 65.7 Å². The van der Waals surface area contributed by atoms with Crippen molar-refractivity contribution < 1.29 is 9.53 Å². The largest absolute Gasteiger partial charge is 0.491 e. The molecule has 0 atom stereocenters. The highest BCUT2D eigenvalue weighted by Gasteiger charge is 2.09. The van der Waals surface area contributed by atoms with Crippen molar-refractivity contribution in [2.75, 3.05) is 0 Å². The van der Waals surface area contributed by atoms with Crippen LogP contribution in [0.2, 0.25) is 0 Å². The first-order valence-electron chi connectivity index (χ1n) is 6.03. The van der Waals surface area contributed by atoms with Crippen LogP contribution in [-0.4, -0.2) is 11.9 Å². The van der Waals surface area contributed by atoms with Gasteiger partial charge in [-0.15, -0.1) is 0 Å². The van der Waals surface area contributed by atoms with Crippen LogP contribution in [0.15, 0.2) is 54.6 Å².